The highest BCUT2D eigenvalue weighted by Crippen LogP contribution is 2.37. The fraction of sp³-hybridized carbons (Fsp3) is 0.286. The summed E-state index contributed by atoms with van der Waals surface area (Å²) in [5.41, 5.74) is 3.81. The third kappa shape index (κ3) is 5.63. The van der Waals surface area contributed by atoms with E-state index in [9.17, 15) is 9.59 Å². The lowest BCUT2D eigenvalue weighted by Gasteiger charge is -2.26. The van der Waals surface area contributed by atoms with E-state index in [0.717, 1.165) is 23.1 Å². The molecule has 0 fully saturated rings. The number of rotatable bonds is 8. The van der Waals surface area contributed by atoms with Crippen molar-refractivity contribution < 1.29 is 14.3 Å². The number of hydrogen-bond acceptors (Lipinski definition) is 3. The summed E-state index contributed by atoms with van der Waals surface area (Å²) in [5.74, 6) is 0.592. The van der Waals surface area contributed by atoms with E-state index in [2.05, 4.69) is 5.32 Å². The second-order valence-electron chi connectivity index (χ2n) is 8.83. The molecule has 6 heteroatoms. The summed E-state index contributed by atoms with van der Waals surface area (Å²) in [5, 5.41) is 4.55. The van der Waals surface area contributed by atoms with Crippen molar-refractivity contribution in [1.82, 2.24) is 5.32 Å². The van der Waals surface area contributed by atoms with Gasteiger partial charge in [0.05, 0.1) is 7.11 Å². The van der Waals surface area contributed by atoms with Gasteiger partial charge in [0.15, 0.2) is 5.78 Å². The minimum absolute atomic E-state index is 0.0417. The lowest BCUT2D eigenvalue weighted by atomic mass is 9.86. The Labute approximate surface area is 210 Å². The maximum absolute atomic E-state index is 13.1. The number of nitrogens with one attached hydrogen (secondary N) is 1. The van der Waals surface area contributed by atoms with E-state index in [1.807, 2.05) is 61.5 Å². The van der Waals surface area contributed by atoms with E-state index in [4.69, 9.17) is 27.9 Å². The molecule has 1 amide bonds. The van der Waals surface area contributed by atoms with Gasteiger partial charge in [0.25, 0.3) is 0 Å². The number of fused-ring (bicyclic) bond motifs is 1. The van der Waals surface area contributed by atoms with Gasteiger partial charge in [-0.3, -0.25) is 9.59 Å². The Hall–Kier alpha value is -2.82. The molecular formula is C28H27Cl2NO3. The molecule has 0 saturated heterocycles. The van der Waals surface area contributed by atoms with Gasteiger partial charge in [-0.2, -0.15) is 0 Å². The molecule has 3 aromatic rings. The Morgan fingerprint density at radius 3 is 2.32 bits per heavy atom. The number of methoxy groups -OCH3 is 1. The van der Waals surface area contributed by atoms with E-state index < -0.39 is 0 Å². The van der Waals surface area contributed by atoms with Gasteiger partial charge in [-0.05, 0) is 72.5 Å². The second-order valence-corrected chi connectivity index (χ2v) is 9.70. The number of ether oxygens (including phenoxy) is 1. The van der Waals surface area contributed by atoms with Crippen molar-refractivity contribution in [1.29, 1.82) is 0 Å². The van der Waals surface area contributed by atoms with Crippen molar-refractivity contribution in [2.24, 2.45) is 0 Å². The van der Waals surface area contributed by atoms with Gasteiger partial charge in [-0.15, -0.1) is 0 Å². The molecule has 0 saturated carbocycles. The number of Topliss-reactive ketones (excluding diaryl/α,β-unsaturated/α-hetero) is 1. The van der Waals surface area contributed by atoms with Crippen LogP contribution in [0.1, 0.15) is 58.6 Å². The van der Waals surface area contributed by atoms with E-state index in [1.54, 1.807) is 19.2 Å². The molecule has 3 aromatic carbocycles. The summed E-state index contributed by atoms with van der Waals surface area (Å²) in [6.45, 7) is 2.02. The summed E-state index contributed by atoms with van der Waals surface area (Å²) in [4.78, 5) is 25.5. The summed E-state index contributed by atoms with van der Waals surface area (Å²) < 4.78 is 5.32. The van der Waals surface area contributed by atoms with E-state index in [0.29, 0.717) is 27.8 Å². The van der Waals surface area contributed by atoms with Gasteiger partial charge in [0, 0.05) is 46.3 Å². The Morgan fingerprint density at radius 1 is 1.03 bits per heavy atom. The SMILES string of the molecule is COc1ccc2c(c1)C(CC(=O)N[C@H](C)[C@H](Cc1ccc(Cl)cc1)c1ccc(Cl)cc1)CC2=O. The van der Waals surface area contributed by atoms with E-state index in [-0.39, 0.29) is 36.0 Å². The van der Waals surface area contributed by atoms with E-state index >= 15 is 0 Å². The van der Waals surface area contributed by atoms with Gasteiger partial charge in [-0.1, -0.05) is 47.5 Å². The highest BCUT2D eigenvalue weighted by Gasteiger charge is 2.32. The smallest absolute Gasteiger partial charge is 0.220 e. The Kier molecular flexibility index (Phi) is 7.60. The monoisotopic (exact) mass is 495 g/mol. The molecule has 1 aliphatic rings. The van der Waals surface area contributed by atoms with Crippen molar-refractivity contribution in [2.45, 2.75) is 44.1 Å². The van der Waals surface area contributed by atoms with Crippen LogP contribution in [0.15, 0.2) is 66.7 Å². The molecule has 0 bridgehead atoms. The molecule has 0 spiro atoms. The van der Waals surface area contributed by atoms with Gasteiger partial charge in [-0.25, -0.2) is 0 Å². The van der Waals surface area contributed by atoms with Crippen molar-refractivity contribution >= 4 is 34.9 Å². The summed E-state index contributed by atoms with van der Waals surface area (Å²) in [6, 6.07) is 20.8. The first-order valence-electron chi connectivity index (χ1n) is 11.3. The van der Waals surface area contributed by atoms with Crippen LogP contribution in [-0.2, 0) is 11.2 Å². The van der Waals surface area contributed by atoms with Crippen molar-refractivity contribution in [3.8, 4) is 5.75 Å². The van der Waals surface area contributed by atoms with Crippen molar-refractivity contribution in [3.63, 3.8) is 0 Å². The Morgan fingerprint density at radius 2 is 1.68 bits per heavy atom. The summed E-state index contributed by atoms with van der Waals surface area (Å²) in [7, 11) is 1.60. The average molecular weight is 496 g/mol. The molecule has 1 unspecified atom stereocenters. The minimum Gasteiger partial charge on any atom is -0.497 e. The van der Waals surface area contributed by atoms with Gasteiger partial charge < -0.3 is 10.1 Å². The number of ketones is 1. The van der Waals surface area contributed by atoms with Gasteiger partial charge >= 0.3 is 0 Å². The lowest BCUT2D eigenvalue weighted by molar-refractivity contribution is -0.122. The van der Waals surface area contributed by atoms with Crippen molar-refractivity contribution in [3.05, 3.63) is 99.0 Å². The molecular weight excluding hydrogens is 469 g/mol. The van der Waals surface area contributed by atoms with Crippen LogP contribution < -0.4 is 10.1 Å². The number of amides is 1. The molecule has 4 rings (SSSR count). The predicted octanol–water partition coefficient (Wildman–Crippen LogP) is 6.59. The van der Waals surface area contributed by atoms with Crippen LogP contribution in [0.25, 0.3) is 0 Å². The first-order chi connectivity index (χ1) is 16.3. The molecule has 1 N–H and O–H groups in total. The average Bonchev–Trinajstić information content (AvgIpc) is 3.13. The maximum atomic E-state index is 13.1. The first kappa shape index (κ1) is 24.3. The zero-order valence-corrected chi connectivity index (χ0v) is 20.7. The maximum Gasteiger partial charge on any atom is 0.220 e. The van der Waals surface area contributed by atoms with Crippen LogP contribution in [0.3, 0.4) is 0 Å². The minimum atomic E-state index is -0.143. The lowest BCUT2D eigenvalue weighted by Crippen LogP contribution is -2.38. The fourth-order valence-corrected chi connectivity index (χ4v) is 4.94. The highest BCUT2D eigenvalue weighted by atomic mass is 35.5. The number of benzene rings is 3. The third-order valence-electron chi connectivity index (χ3n) is 6.52. The Bertz CT molecular complexity index is 1180. The summed E-state index contributed by atoms with van der Waals surface area (Å²) in [6.07, 6.45) is 1.34. The quantitative estimate of drug-likeness (QED) is 0.383. The topological polar surface area (TPSA) is 55.4 Å². The number of halogens is 2. The molecule has 4 nitrogen and oxygen atoms in total. The molecule has 176 valence electrons. The molecule has 0 aliphatic heterocycles. The molecule has 34 heavy (non-hydrogen) atoms. The predicted molar refractivity (Wildman–Crippen MR) is 136 cm³/mol. The third-order valence-corrected chi connectivity index (χ3v) is 7.03. The Balaban J connectivity index is 1.49. The second kappa shape index (κ2) is 10.6. The number of carbonyl (C=O) groups is 2. The molecule has 0 aromatic heterocycles. The molecule has 3 atom stereocenters. The zero-order chi connectivity index (χ0) is 24.2. The van der Waals surface area contributed by atoms with Crippen LogP contribution in [0.4, 0.5) is 0 Å². The van der Waals surface area contributed by atoms with Crippen LogP contribution in [-0.4, -0.2) is 24.8 Å². The number of hydrogen-bond donors (Lipinski definition) is 1. The molecule has 0 radical (unpaired) electrons. The van der Waals surface area contributed by atoms with Crippen LogP contribution in [0, 0.1) is 0 Å². The zero-order valence-electron chi connectivity index (χ0n) is 19.2. The molecule has 1 aliphatic carbocycles. The fourth-order valence-electron chi connectivity index (χ4n) is 4.69. The van der Waals surface area contributed by atoms with Crippen LogP contribution in [0.2, 0.25) is 10.0 Å². The number of carbonyl (C=O) groups excluding carboxylic acids is 2. The largest absolute Gasteiger partial charge is 0.497 e. The van der Waals surface area contributed by atoms with E-state index in [1.165, 1.54) is 0 Å². The van der Waals surface area contributed by atoms with Gasteiger partial charge in [0.2, 0.25) is 5.91 Å². The highest BCUT2D eigenvalue weighted by molar-refractivity contribution is 6.30. The van der Waals surface area contributed by atoms with Gasteiger partial charge in [0.1, 0.15) is 5.75 Å². The van der Waals surface area contributed by atoms with Crippen molar-refractivity contribution in [2.75, 3.05) is 7.11 Å². The first-order valence-corrected chi connectivity index (χ1v) is 12.1. The van der Waals surface area contributed by atoms with Crippen LogP contribution in [0.5, 0.6) is 5.75 Å². The standard InChI is InChI=1S/C28H27Cl2NO3/c1-17(25(19-5-9-22(30)10-6-19)13-18-3-7-21(29)8-4-18)31-28(33)15-20-14-27(32)24-12-11-23(34-2)16-26(20)24/h3-12,16-17,20,25H,13-15H2,1-2H3,(H,31,33)/t17-,20?,25+/m1/s1. The van der Waals surface area contributed by atoms with Crippen LogP contribution >= 0.6 is 23.2 Å². The normalized spacial score (nSPS) is 16.6. The summed E-state index contributed by atoms with van der Waals surface area (Å²) >= 11 is 12.2. The molecule has 0 heterocycles.